The van der Waals surface area contributed by atoms with Crippen molar-refractivity contribution in [3.8, 4) is 66.8 Å². The summed E-state index contributed by atoms with van der Waals surface area (Å²) < 4.78 is 0. The highest BCUT2D eigenvalue weighted by Crippen LogP contribution is 2.57. The second-order valence-corrected chi connectivity index (χ2v) is 42.4. The van der Waals surface area contributed by atoms with Crippen molar-refractivity contribution in [1.82, 2.24) is 0 Å². The van der Waals surface area contributed by atoms with E-state index in [1.807, 2.05) is 0 Å². The maximum Gasteiger partial charge on any atom is 0.0546 e. The van der Waals surface area contributed by atoms with Crippen LogP contribution < -0.4 is 14.7 Å². The van der Waals surface area contributed by atoms with E-state index < -0.39 is 0 Å². The maximum atomic E-state index is 2.51. The molecular weight excluding hydrogens is 1750 g/mol. The first-order valence-corrected chi connectivity index (χ1v) is 53.2. The van der Waals surface area contributed by atoms with Crippen molar-refractivity contribution < 1.29 is 0 Å². The Kier molecular flexibility index (Phi) is 24.1. The molecule has 5 aliphatic rings. The summed E-state index contributed by atoms with van der Waals surface area (Å²) in [5.74, 6) is 2.08. The highest BCUT2D eigenvalue weighted by Gasteiger charge is 2.39. The van der Waals surface area contributed by atoms with Crippen LogP contribution in [-0.2, 0) is 10.8 Å². The molecule has 0 spiro atoms. The van der Waals surface area contributed by atoms with Crippen molar-refractivity contribution in [2.24, 2.45) is 0 Å². The summed E-state index contributed by atoms with van der Waals surface area (Å²) in [5.41, 5.74) is 35.8. The predicted molar refractivity (Wildman–Crippen MR) is 620 cm³/mol. The minimum atomic E-state index is -0.0529. The van der Waals surface area contributed by atoms with Crippen LogP contribution in [0, 0.1) is 0 Å². The molecule has 0 aromatic heterocycles. The number of hydrogen-bond donors (Lipinski definition) is 0. The molecule has 5 aliphatic carbocycles. The summed E-state index contributed by atoms with van der Waals surface area (Å²) >= 11 is 0. The number of hydrogen-bond acceptors (Lipinski definition) is 3. The fourth-order valence-electron chi connectivity index (χ4n) is 25.4. The largest absolute Gasteiger partial charge is 0.310 e. The first-order valence-electron chi connectivity index (χ1n) is 53.2. The van der Waals surface area contributed by atoms with Crippen LogP contribution in [0.5, 0.6) is 0 Å². The molecule has 0 radical (unpaired) electrons. The van der Waals surface area contributed by atoms with E-state index in [-0.39, 0.29) is 10.8 Å². The molecule has 3 heteroatoms. The lowest BCUT2D eigenvalue weighted by atomic mass is 9.82. The third-order valence-electron chi connectivity index (χ3n) is 33.1. The number of fused-ring (bicyclic) bond motifs is 13. The quantitative estimate of drug-likeness (QED) is 0.0955. The smallest absolute Gasteiger partial charge is 0.0546 e. The lowest BCUT2D eigenvalue weighted by Gasteiger charge is -2.30. The SMILES string of the molecule is CC1(C)c2ccccc2-c2cc(N(c3ccc(-c4ccc(C5CCCCC5)cc4)cc3)c3ccc4ccccc4c3-c3ccc4ccccc4c3)ccc21.CC1(C)c2ccccc2-c2cc(N(c3ccc(C4CCCCC4)cc3)c3ccc4ccccc4c3-c3ccc4ccccc4c3)ccc21.c1ccc2cc(-c3c(N(c4ccc(C5CCCCC5)cc4)c4ccc5ccccc5c4)ccc4ccccc34)ccc2c1. The molecule has 0 atom stereocenters. The monoisotopic (exact) mass is 1870 g/mol. The zero-order chi connectivity index (χ0) is 97.1. The molecule has 22 aromatic carbocycles. The lowest BCUT2D eigenvalue weighted by Crippen LogP contribution is -2.15. The summed E-state index contributed by atoms with van der Waals surface area (Å²) in [7, 11) is 0. The number of benzene rings is 22. The molecule has 0 unspecified atom stereocenters. The second-order valence-electron chi connectivity index (χ2n) is 42.4. The molecule has 27 rings (SSSR count). The third kappa shape index (κ3) is 17.2. The summed E-state index contributed by atoms with van der Waals surface area (Å²) in [6.45, 7) is 9.44. The van der Waals surface area contributed by atoms with Gasteiger partial charge in [0.1, 0.15) is 0 Å². The predicted octanol–water partition coefficient (Wildman–Crippen LogP) is 41.0. The van der Waals surface area contributed by atoms with E-state index in [4.69, 9.17) is 0 Å². The van der Waals surface area contributed by atoms with E-state index in [9.17, 15) is 0 Å². The van der Waals surface area contributed by atoms with Crippen LogP contribution in [0.1, 0.15) is 181 Å². The zero-order valence-electron chi connectivity index (χ0n) is 83.6. The second kappa shape index (κ2) is 38.7. The molecule has 0 saturated heterocycles. The van der Waals surface area contributed by atoms with Gasteiger partial charge in [0.15, 0.2) is 0 Å². The highest BCUT2D eigenvalue weighted by molar-refractivity contribution is 6.11. The lowest BCUT2D eigenvalue weighted by molar-refractivity contribution is 0.443. The number of nitrogens with zero attached hydrogens (tertiary/aromatic N) is 3. The van der Waals surface area contributed by atoms with Crippen LogP contribution in [-0.4, -0.2) is 0 Å². The van der Waals surface area contributed by atoms with E-state index in [0.29, 0.717) is 17.8 Å². The van der Waals surface area contributed by atoms with Gasteiger partial charge in [0.05, 0.1) is 17.1 Å². The van der Waals surface area contributed by atoms with Gasteiger partial charge in [0, 0.05) is 61.6 Å². The first-order chi connectivity index (χ1) is 71.4. The Hall–Kier alpha value is -15.9. The van der Waals surface area contributed by atoms with Gasteiger partial charge in [-0.25, -0.2) is 0 Å². The van der Waals surface area contributed by atoms with Crippen molar-refractivity contribution in [1.29, 1.82) is 0 Å². The number of rotatable bonds is 16. The van der Waals surface area contributed by atoms with Crippen LogP contribution in [0.15, 0.2) is 461 Å². The molecule has 22 aromatic rings. The Balaban J connectivity index is 0.000000114. The average molecular weight is 1870 g/mol. The molecule has 3 nitrogen and oxygen atoms in total. The van der Waals surface area contributed by atoms with Crippen LogP contribution >= 0.6 is 0 Å². The van der Waals surface area contributed by atoms with E-state index >= 15 is 0 Å². The van der Waals surface area contributed by atoms with Crippen LogP contribution in [0.3, 0.4) is 0 Å². The zero-order valence-corrected chi connectivity index (χ0v) is 83.6. The topological polar surface area (TPSA) is 9.72 Å². The van der Waals surface area contributed by atoms with Crippen molar-refractivity contribution in [3.05, 3.63) is 500 Å². The molecule has 0 heterocycles. The van der Waals surface area contributed by atoms with Gasteiger partial charge in [0.25, 0.3) is 0 Å². The molecule has 3 saturated carbocycles. The summed E-state index contributed by atoms with van der Waals surface area (Å²) in [6, 6.07) is 173. The molecule has 145 heavy (non-hydrogen) atoms. The van der Waals surface area contributed by atoms with Gasteiger partial charge in [-0.05, 0) is 330 Å². The van der Waals surface area contributed by atoms with Crippen molar-refractivity contribution >= 4 is 127 Å². The maximum absolute atomic E-state index is 2.51. The van der Waals surface area contributed by atoms with E-state index in [2.05, 4.69) is 503 Å². The van der Waals surface area contributed by atoms with Gasteiger partial charge in [0.2, 0.25) is 0 Å². The van der Waals surface area contributed by atoms with Crippen molar-refractivity contribution in [2.75, 3.05) is 14.7 Å². The minimum absolute atomic E-state index is 0.0316. The standard InChI is InChI=1S/C53H45N.C47H41N.C42H35N/c1-53(2)49-19-11-10-18-47(49)48-35-45(31-32-50(48)53)54(44-29-26-40(27-30-44)39-22-20-38(21-23-39)36-12-4-3-5-13-36)51-33-28-41-15-8-9-17-46(41)52(51)43-25-24-37-14-6-7-16-42(37)34-43;1-47(2)43-19-11-10-18-41(43)42-31-39(27-28-44(42)47)48(38-25-22-34(23-26-38)32-12-4-3-5-13-32)45-29-24-35-15-8-9-17-40(35)46(45)37-21-20-33-14-6-7-16-36(33)30-37;1-2-10-30(11-3-1)33-20-24-38(25-21-33)43(39-26-22-32-13-5-7-16-36(32)29-39)41-27-23-34-14-8-9-17-40(34)42(41)37-19-18-31-12-4-6-15-35(31)28-37/h6-11,14-36H,3-5,12-13H2,1-2H3;6-11,14-32H,3-5,12-13H2,1-2H3;4-9,12-30H,1-3,10-11H2. The van der Waals surface area contributed by atoms with Gasteiger partial charge in [-0.15, -0.1) is 0 Å². The van der Waals surface area contributed by atoms with Crippen molar-refractivity contribution in [3.63, 3.8) is 0 Å². The van der Waals surface area contributed by atoms with Gasteiger partial charge >= 0.3 is 0 Å². The number of anilines is 9. The van der Waals surface area contributed by atoms with Gasteiger partial charge in [-0.3, -0.25) is 0 Å². The normalized spacial score (nSPS) is 14.8. The fraction of sp³-hybridized carbons (Fsp3) is 0.169. The molecule has 3 fully saturated rings. The van der Waals surface area contributed by atoms with Crippen molar-refractivity contribution in [2.45, 2.75) is 153 Å². The summed E-state index contributed by atoms with van der Waals surface area (Å²) in [4.78, 5) is 7.46. The Morgan fingerprint density at radius 1 is 0.172 bits per heavy atom. The Morgan fingerprint density at radius 3 is 0.752 bits per heavy atom. The Bertz CT molecular complexity index is 8620. The molecule has 704 valence electrons. The van der Waals surface area contributed by atoms with Gasteiger partial charge in [-0.2, -0.15) is 0 Å². The molecule has 0 bridgehead atoms. The molecule has 0 aliphatic heterocycles. The molecule has 0 N–H and O–H groups in total. The van der Waals surface area contributed by atoms with E-state index in [1.54, 1.807) is 0 Å². The highest BCUT2D eigenvalue weighted by atomic mass is 15.2. The third-order valence-corrected chi connectivity index (χ3v) is 33.1. The van der Waals surface area contributed by atoms with Gasteiger partial charge < -0.3 is 14.7 Å². The fourth-order valence-corrected chi connectivity index (χ4v) is 25.4. The summed E-state index contributed by atoms with van der Waals surface area (Å²) in [5, 5.41) is 17.6. The molecule has 0 amide bonds. The van der Waals surface area contributed by atoms with Gasteiger partial charge in [-0.1, -0.05) is 437 Å². The van der Waals surface area contributed by atoms with Crippen LogP contribution in [0.2, 0.25) is 0 Å². The van der Waals surface area contributed by atoms with Crippen LogP contribution in [0.4, 0.5) is 51.2 Å². The Morgan fingerprint density at radius 2 is 0.407 bits per heavy atom. The van der Waals surface area contributed by atoms with Crippen LogP contribution in [0.25, 0.3) is 142 Å². The molecular formula is C142H121N3. The average Bonchev–Trinajstić information content (AvgIpc) is 1.70. The first kappa shape index (κ1) is 90.3. The summed E-state index contributed by atoms with van der Waals surface area (Å²) in [6.07, 6.45) is 20.1. The van der Waals surface area contributed by atoms with E-state index in [0.717, 1.165) is 11.4 Å². The Labute approximate surface area is 854 Å². The minimum Gasteiger partial charge on any atom is -0.310 e. The van der Waals surface area contributed by atoms with E-state index in [1.165, 1.54) is 317 Å².